The number of carbonyl (C=O) groups excluding carboxylic acids is 1. The molecule has 9 heteroatoms. The van der Waals surface area contributed by atoms with Gasteiger partial charge in [-0.2, -0.15) is 0 Å². The van der Waals surface area contributed by atoms with E-state index in [-0.39, 0.29) is 11.9 Å². The summed E-state index contributed by atoms with van der Waals surface area (Å²) in [6.07, 6.45) is 6.23. The van der Waals surface area contributed by atoms with Gasteiger partial charge in [0.1, 0.15) is 0 Å². The lowest BCUT2D eigenvalue weighted by atomic mass is 9.93. The first-order valence-electron chi connectivity index (χ1n) is 10.3. The van der Waals surface area contributed by atoms with E-state index >= 15 is 0 Å². The maximum atomic E-state index is 13.2. The van der Waals surface area contributed by atoms with Crippen LogP contribution in [0.3, 0.4) is 0 Å². The van der Waals surface area contributed by atoms with Gasteiger partial charge in [-0.15, -0.1) is 0 Å². The highest BCUT2D eigenvalue weighted by molar-refractivity contribution is 7.88. The molecule has 2 aliphatic rings. The highest BCUT2D eigenvalue weighted by Crippen LogP contribution is 2.43. The van der Waals surface area contributed by atoms with Crippen LogP contribution in [0, 0.1) is 0 Å². The monoisotopic (exact) mass is 462 g/mol. The van der Waals surface area contributed by atoms with Gasteiger partial charge in [0.05, 0.1) is 35.6 Å². The molecule has 1 amide bonds. The van der Waals surface area contributed by atoms with Gasteiger partial charge in [-0.3, -0.25) is 14.7 Å². The van der Waals surface area contributed by atoms with E-state index < -0.39 is 15.6 Å². The van der Waals surface area contributed by atoms with E-state index in [1.54, 1.807) is 29.4 Å². The van der Waals surface area contributed by atoms with E-state index in [1.807, 2.05) is 33.0 Å². The molecular weight excluding hydrogens is 436 g/mol. The van der Waals surface area contributed by atoms with Crippen molar-refractivity contribution in [3.8, 4) is 0 Å². The molecule has 7 nitrogen and oxygen atoms in total. The zero-order chi connectivity index (χ0) is 22.6. The third-order valence-electron chi connectivity index (χ3n) is 6.45. The van der Waals surface area contributed by atoms with E-state index in [1.165, 1.54) is 10.6 Å². The summed E-state index contributed by atoms with van der Waals surface area (Å²) in [7, 11) is -1.16. The van der Waals surface area contributed by atoms with Gasteiger partial charge in [0, 0.05) is 36.8 Å². The van der Waals surface area contributed by atoms with Crippen LogP contribution in [0.15, 0.2) is 36.7 Å². The quantitative estimate of drug-likeness (QED) is 0.695. The fraction of sp³-hybridized carbons (Fsp3) is 0.455. The summed E-state index contributed by atoms with van der Waals surface area (Å²) in [5.74, 6) is -0.0697. The Labute approximate surface area is 188 Å². The van der Waals surface area contributed by atoms with Gasteiger partial charge >= 0.3 is 0 Å². The molecule has 0 aliphatic carbocycles. The smallest absolute Gasteiger partial charge is 0.259 e. The Balaban J connectivity index is 1.59. The molecule has 0 bridgehead atoms. The van der Waals surface area contributed by atoms with Crippen LogP contribution in [0.4, 0.5) is 11.4 Å². The molecule has 2 aromatic rings. The van der Waals surface area contributed by atoms with E-state index in [2.05, 4.69) is 9.88 Å². The van der Waals surface area contributed by atoms with Crippen molar-refractivity contribution in [3.05, 3.63) is 52.8 Å². The van der Waals surface area contributed by atoms with Crippen molar-refractivity contribution < 1.29 is 13.2 Å². The number of anilines is 2. The Morgan fingerprint density at radius 2 is 1.84 bits per heavy atom. The van der Waals surface area contributed by atoms with Crippen LogP contribution in [-0.4, -0.2) is 56.0 Å². The Morgan fingerprint density at radius 1 is 1.16 bits per heavy atom. The van der Waals surface area contributed by atoms with Crippen molar-refractivity contribution in [2.24, 2.45) is 0 Å². The number of benzene rings is 1. The lowest BCUT2D eigenvalue weighted by molar-refractivity contribution is 0.0982. The zero-order valence-electron chi connectivity index (χ0n) is 18.2. The molecule has 3 heterocycles. The first-order chi connectivity index (χ1) is 14.5. The summed E-state index contributed by atoms with van der Waals surface area (Å²) in [4.78, 5) is 21.5. The molecule has 31 heavy (non-hydrogen) atoms. The average Bonchev–Trinajstić information content (AvgIpc) is 2.92. The first kappa shape index (κ1) is 22.0. The normalized spacial score (nSPS) is 19.5. The van der Waals surface area contributed by atoms with Crippen molar-refractivity contribution in [1.82, 2.24) is 9.29 Å². The molecule has 1 saturated heterocycles. The molecule has 1 aromatic carbocycles. The summed E-state index contributed by atoms with van der Waals surface area (Å²) in [5.41, 5.74) is 2.61. The second-order valence-corrected chi connectivity index (χ2v) is 11.2. The molecule has 0 radical (unpaired) electrons. The number of sulfonamides is 1. The Kier molecular flexibility index (Phi) is 5.52. The number of carbonyl (C=O) groups is 1. The lowest BCUT2D eigenvalue weighted by Crippen LogP contribution is -2.45. The standard InChI is InChI=1S/C22H27ClN4O3S/c1-22(2)20-11-15(23)5-6-19(20)21(28)27(22)18-12-17(13-24-14-18)25(3)16-7-9-26(10-8-16)31(4,29)30/h5-6,11-14,16H,7-10H2,1-4H3. The summed E-state index contributed by atoms with van der Waals surface area (Å²) in [5, 5.41) is 0.605. The molecule has 1 fully saturated rings. The number of hydrogen-bond acceptors (Lipinski definition) is 5. The van der Waals surface area contributed by atoms with Crippen LogP contribution >= 0.6 is 11.6 Å². The number of rotatable bonds is 4. The number of amides is 1. The Morgan fingerprint density at radius 3 is 2.48 bits per heavy atom. The number of fused-ring (bicyclic) bond motifs is 1. The van der Waals surface area contributed by atoms with Gasteiger partial charge in [0.25, 0.3) is 5.91 Å². The number of halogens is 1. The van der Waals surface area contributed by atoms with E-state index in [4.69, 9.17) is 11.6 Å². The minimum atomic E-state index is -3.16. The van der Waals surface area contributed by atoms with Crippen molar-refractivity contribution in [3.63, 3.8) is 0 Å². The summed E-state index contributed by atoms with van der Waals surface area (Å²) >= 11 is 6.19. The van der Waals surface area contributed by atoms with Crippen LogP contribution in [-0.2, 0) is 15.6 Å². The number of piperidine rings is 1. The highest BCUT2D eigenvalue weighted by atomic mass is 35.5. The lowest BCUT2D eigenvalue weighted by Gasteiger charge is -2.37. The van der Waals surface area contributed by atoms with Crippen molar-refractivity contribution in [2.75, 3.05) is 36.2 Å². The molecule has 0 N–H and O–H groups in total. The third kappa shape index (κ3) is 3.92. The number of aromatic nitrogens is 1. The fourth-order valence-corrected chi connectivity index (χ4v) is 5.69. The molecule has 166 valence electrons. The van der Waals surface area contributed by atoms with Gasteiger partial charge in [-0.25, -0.2) is 12.7 Å². The fourth-order valence-electron chi connectivity index (χ4n) is 4.65. The summed E-state index contributed by atoms with van der Waals surface area (Å²) < 4.78 is 25.1. The maximum Gasteiger partial charge on any atom is 0.259 e. The van der Waals surface area contributed by atoms with Crippen molar-refractivity contribution in [2.45, 2.75) is 38.3 Å². The number of hydrogen-bond donors (Lipinski definition) is 0. The first-order valence-corrected chi connectivity index (χ1v) is 12.5. The number of pyridine rings is 1. The van der Waals surface area contributed by atoms with E-state index in [9.17, 15) is 13.2 Å². The average molecular weight is 463 g/mol. The molecule has 0 spiro atoms. The Hall–Kier alpha value is -2.16. The third-order valence-corrected chi connectivity index (χ3v) is 7.99. The minimum Gasteiger partial charge on any atom is -0.370 e. The van der Waals surface area contributed by atoms with E-state index in [0.717, 1.165) is 29.8 Å². The SMILES string of the molecule is CN(c1cncc(N2C(=O)c3ccc(Cl)cc3C2(C)C)c1)C1CCN(S(C)(=O)=O)CC1. The van der Waals surface area contributed by atoms with Gasteiger partial charge in [0.15, 0.2) is 0 Å². The summed E-state index contributed by atoms with van der Waals surface area (Å²) in [6.45, 7) is 5.03. The number of nitrogens with zero attached hydrogens (tertiary/aromatic N) is 4. The van der Waals surface area contributed by atoms with Gasteiger partial charge in [0.2, 0.25) is 10.0 Å². The van der Waals surface area contributed by atoms with E-state index in [0.29, 0.717) is 23.7 Å². The largest absolute Gasteiger partial charge is 0.370 e. The van der Waals surface area contributed by atoms with Gasteiger partial charge < -0.3 is 4.90 Å². The Bertz CT molecular complexity index is 1130. The topological polar surface area (TPSA) is 73.8 Å². The van der Waals surface area contributed by atoms with Crippen LogP contribution in [0.1, 0.15) is 42.6 Å². The molecule has 4 rings (SSSR count). The zero-order valence-corrected chi connectivity index (χ0v) is 19.7. The van der Waals surface area contributed by atoms with Crippen LogP contribution < -0.4 is 9.80 Å². The highest BCUT2D eigenvalue weighted by Gasteiger charge is 2.44. The maximum absolute atomic E-state index is 13.2. The van der Waals surface area contributed by atoms with Crippen molar-refractivity contribution >= 4 is 38.9 Å². The molecule has 0 unspecified atom stereocenters. The van der Waals surface area contributed by atoms with Crippen LogP contribution in [0.5, 0.6) is 0 Å². The predicted molar refractivity (Wildman–Crippen MR) is 123 cm³/mol. The van der Waals surface area contributed by atoms with Gasteiger partial charge in [-0.05, 0) is 56.5 Å². The molecule has 0 saturated carbocycles. The summed E-state index contributed by atoms with van der Waals surface area (Å²) in [6, 6.07) is 7.55. The molecule has 0 atom stereocenters. The van der Waals surface area contributed by atoms with Crippen LogP contribution in [0.25, 0.3) is 0 Å². The second-order valence-electron chi connectivity index (χ2n) is 8.79. The van der Waals surface area contributed by atoms with Gasteiger partial charge in [-0.1, -0.05) is 11.6 Å². The second kappa shape index (κ2) is 7.76. The van der Waals surface area contributed by atoms with Crippen LogP contribution in [0.2, 0.25) is 5.02 Å². The minimum absolute atomic E-state index is 0.0697. The molecule has 1 aromatic heterocycles. The molecular formula is C22H27ClN4O3S. The predicted octanol–water partition coefficient (Wildman–Crippen LogP) is 3.49. The van der Waals surface area contributed by atoms with Crippen molar-refractivity contribution in [1.29, 1.82) is 0 Å². The molecule has 2 aliphatic heterocycles.